The smallest absolute Gasteiger partial charge is 0.0780 e. The van der Waals surface area contributed by atoms with Gasteiger partial charge in [0.2, 0.25) is 0 Å². The van der Waals surface area contributed by atoms with Crippen LogP contribution in [0.4, 0.5) is 0 Å². The van der Waals surface area contributed by atoms with Crippen LogP contribution in [-0.2, 0) is 6.42 Å². The molecule has 136 valence electrons. The largest absolute Gasteiger partial charge is 0.256 e. The second-order valence-electron chi connectivity index (χ2n) is 8.00. The Morgan fingerprint density at radius 3 is 2.18 bits per heavy atom. The highest BCUT2D eigenvalue weighted by Crippen LogP contribution is 2.35. The Hall–Kier alpha value is -3.19. The first-order valence-corrected chi connectivity index (χ1v) is 9.99. The summed E-state index contributed by atoms with van der Waals surface area (Å²) in [5, 5.41) is 7.74. The van der Waals surface area contributed by atoms with E-state index in [2.05, 4.69) is 86.6 Å². The molecule has 0 fully saturated rings. The van der Waals surface area contributed by atoms with E-state index in [0.717, 1.165) is 17.7 Å². The third-order valence-corrected chi connectivity index (χ3v) is 5.52. The Bertz CT molecular complexity index is 1300. The minimum atomic E-state index is 0.660. The molecule has 0 aliphatic carbocycles. The van der Waals surface area contributed by atoms with Crippen LogP contribution in [0.1, 0.15) is 19.4 Å². The average Bonchev–Trinajstić information content (AvgIpc) is 2.73. The van der Waals surface area contributed by atoms with E-state index in [1.54, 1.807) is 0 Å². The van der Waals surface area contributed by atoms with Crippen molar-refractivity contribution >= 4 is 32.3 Å². The molecule has 1 nitrogen and oxygen atoms in total. The van der Waals surface area contributed by atoms with Gasteiger partial charge in [-0.3, -0.25) is 4.98 Å². The van der Waals surface area contributed by atoms with Crippen molar-refractivity contribution in [2.24, 2.45) is 5.92 Å². The van der Waals surface area contributed by atoms with Crippen molar-refractivity contribution in [3.8, 4) is 11.3 Å². The molecule has 4 aromatic carbocycles. The van der Waals surface area contributed by atoms with Gasteiger partial charge in [0, 0.05) is 17.1 Å². The van der Waals surface area contributed by atoms with E-state index in [0.29, 0.717) is 5.92 Å². The molecule has 1 heteroatoms. The normalized spacial score (nSPS) is 11.7. The lowest BCUT2D eigenvalue weighted by Gasteiger charge is -2.12. The second kappa shape index (κ2) is 6.76. The van der Waals surface area contributed by atoms with Crippen LogP contribution >= 0.6 is 0 Å². The Labute approximate surface area is 165 Å². The summed E-state index contributed by atoms with van der Waals surface area (Å²) in [6.07, 6.45) is 3.05. The lowest BCUT2D eigenvalue weighted by atomic mass is 9.93. The van der Waals surface area contributed by atoms with Crippen LogP contribution in [0.5, 0.6) is 0 Å². The van der Waals surface area contributed by atoms with Crippen molar-refractivity contribution in [3.63, 3.8) is 0 Å². The minimum absolute atomic E-state index is 0.660. The Kier molecular flexibility index (Phi) is 4.09. The Balaban J connectivity index is 1.79. The second-order valence-corrected chi connectivity index (χ2v) is 8.00. The summed E-state index contributed by atoms with van der Waals surface area (Å²) in [7, 11) is 0. The molecule has 0 atom stereocenters. The molecule has 1 heterocycles. The van der Waals surface area contributed by atoms with E-state index >= 15 is 0 Å². The van der Waals surface area contributed by atoms with E-state index < -0.39 is 0 Å². The fourth-order valence-corrected chi connectivity index (χ4v) is 4.27. The number of hydrogen-bond donors (Lipinski definition) is 0. The highest BCUT2D eigenvalue weighted by atomic mass is 14.7. The van der Waals surface area contributed by atoms with Gasteiger partial charge in [-0.25, -0.2) is 0 Å². The predicted octanol–water partition coefficient (Wildman–Crippen LogP) is 7.41. The van der Waals surface area contributed by atoms with Gasteiger partial charge in [0.05, 0.1) is 5.69 Å². The van der Waals surface area contributed by atoms with E-state index in [4.69, 9.17) is 4.98 Å². The summed E-state index contributed by atoms with van der Waals surface area (Å²) >= 11 is 0. The molecule has 0 radical (unpaired) electrons. The molecule has 0 bridgehead atoms. The minimum Gasteiger partial charge on any atom is -0.256 e. The van der Waals surface area contributed by atoms with E-state index in [1.165, 1.54) is 37.9 Å². The van der Waals surface area contributed by atoms with Crippen molar-refractivity contribution in [3.05, 3.63) is 90.6 Å². The molecule has 5 rings (SSSR count). The van der Waals surface area contributed by atoms with E-state index in [-0.39, 0.29) is 0 Å². The van der Waals surface area contributed by atoms with Crippen LogP contribution in [0, 0.1) is 5.92 Å². The monoisotopic (exact) mass is 361 g/mol. The van der Waals surface area contributed by atoms with Crippen LogP contribution in [0.2, 0.25) is 0 Å². The highest BCUT2D eigenvalue weighted by molar-refractivity contribution is 6.18. The van der Waals surface area contributed by atoms with Crippen LogP contribution in [0.25, 0.3) is 43.6 Å². The van der Waals surface area contributed by atoms with E-state index in [1.807, 2.05) is 12.3 Å². The molecule has 0 aliphatic heterocycles. The number of rotatable bonds is 3. The van der Waals surface area contributed by atoms with Crippen molar-refractivity contribution in [2.45, 2.75) is 20.3 Å². The fourth-order valence-electron chi connectivity index (χ4n) is 4.27. The van der Waals surface area contributed by atoms with Gasteiger partial charge in [0.1, 0.15) is 0 Å². The van der Waals surface area contributed by atoms with Crippen LogP contribution in [0.3, 0.4) is 0 Å². The highest BCUT2D eigenvalue weighted by Gasteiger charge is 2.10. The maximum Gasteiger partial charge on any atom is 0.0780 e. The molecule has 0 saturated heterocycles. The molecule has 5 aromatic rings. The van der Waals surface area contributed by atoms with Crippen molar-refractivity contribution in [1.29, 1.82) is 0 Å². The third kappa shape index (κ3) is 2.84. The molecule has 1 aromatic heterocycles. The van der Waals surface area contributed by atoms with Gasteiger partial charge in [0.25, 0.3) is 0 Å². The summed E-state index contributed by atoms with van der Waals surface area (Å²) in [5.74, 6) is 0.660. The number of hydrogen-bond acceptors (Lipinski definition) is 1. The Morgan fingerprint density at radius 1 is 0.679 bits per heavy atom. The molecule has 28 heavy (non-hydrogen) atoms. The zero-order chi connectivity index (χ0) is 19.1. The number of nitrogens with zero attached hydrogens (tertiary/aromatic N) is 1. The number of fused-ring (bicyclic) bond motifs is 5. The SMILES string of the molecule is CC(C)Cc1ccc2ccc3c4ccnc(-c5ccccc5)c4ccc3c2c1. The summed E-state index contributed by atoms with van der Waals surface area (Å²) in [5.41, 5.74) is 3.62. The molecular formula is C27H23N. The lowest BCUT2D eigenvalue weighted by Crippen LogP contribution is -1.94. The maximum absolute atomic E-state index is 4.69. The van der Waals surface area contributed by atoms with Gasteiger partial charge in [-0.1, -0.05) is 86.6 Å². The quantitative estimate of drug-likeness (QED) is 0.305. The number of benzene rings is 4. The third-order valence-electron chi connectivity index (χ3n) is 5.52. The lowest BCUT2D eigenvalue weighted by molar-refractivity contribution is 0.648. The molecule has 0 unspecified atom stereocenters. The first-order valence-electron chi connectivity index (χ1n) is 9.99. The first kappa shape index (κ1) is 16.9. The molecule has 0 N–H and O–H groups in total. The molecular weight excluding hydrogens is 338 g/mol. The van der Waals surface area contributed by atoms with Gasteiger partial charge in [-0.05, 0) is 50.9 Å². The topological polar surface area (TPSA) is 12.9 Å². The number of aromatic nitrogens is 1. The van der Waals surface area contributed by atoms with Gasteiger partial charge in [-0.2, -0.15) is 0 Å². The molecule has 0 amide bonds. The number of pyridine rings is 1. The molecule has 0 saturated carbocycles. The molecule has 0 aliphatic rings. The summed E-state index contributed by atoms with van der Waals surface area (Å²) in [6, 6.07) is 28.5. The van der Waals surface area contributed by atoms with Crippen LogP contribution in [-0.4, -0.2) is 4.98 Å². The van der Waals surface area contributed by atoms with Gasteiger partial charge < -0.3 is 0 Å². The van der Waals surface area contributed by atoms with Crippen LogP contribution in [0.15, 0.2) is 85.1 Å². The van der Waals surface area contributed by atoms with E-state index in [9.17, 15) is 0 Å². The zero-order valence-corrected chi connectivity index (χ0v) is 16.3. The maximum atomic E-state index is 4.69. The summed E-state index contributed by atoms with van der Waals surface area (Å²) in [4.78, 5) is 4.69. The van der Waals surface area contributed by atoms with Gasteiger partial charge in [-0.15, -0.1) is 0 Å². The predicted molar refractivity (Wildman–Crippen MR) is 121 cm³/mol. The summed E-state index contributed by atoms with van der Waals surface area (Å²) < 4.78 is 0. The van der Waals surface area contributed by atoms with Gasteiger partial charge >= 0.3 is 0 Å². The fraction of sp³-hybridized carbons (Fsp3) is 0.148. The van der Waals surface area contributed by atoms with Crippen molar-refractivity contribution in [1.82, 2.24) is 4.98 Å². The van der Waals surface area contributed by atoms with Crippen molar-refractivity contribution in [2.75, 3.05) is 0 Å². The molecule has 0 spiro atoms. The average molecular weight is 361 g/mol. The van der Waals surface area contributed by atoms with Crippen molar-refractivity contribution < 1.29 is 0 Å². The summed E-state index contributed by atoms with van der Waals surface area (Å²) in [6.45, 7) is 4.55. The van der Waals surface area contributed by atoms with Crippen LogP contribution < -0.4 is 0 Å². The standard InChI is InChI=1S/C27H23N/c1-18(2)16-19-8-9-20-10-11-22-23(26(20)17-19)12-13-25-24(22)14-15-28-27(25)21-6-4-3-5-7-21/h3-15,17-18H,16H2,1-2H3. The van der Waals surface area contributed by atoms with Gasteiger partial charge in [0.15, 0.2) is 0 Å². The Morgan fingerprint density at radius 2 is 1.36 bits per heavy atom. The zero-order valence-electron chi connectivity index (χ0n) is 16.3. The first-order chi connectivity index (χ1) is 13.7.